The summed E-state index contributed by atoms with van der Waals surface area (Å²) in [5.41, 5.74) is 2.99. The van der Waals surface area contributed by atoms with E-state index in [2.05, 4.69) is 20.3 Å². The first-order valence-corrected chi connectivity index (χ1v) is 10.7. The highest BCUT2D eigenvalue weighted by molar-refractivity contribution is 6.26. The predicted octanol–water partition coefficient (Wildman–Crippen LogP) is 4.19. The van der Waals surface area contributed by atoms with Crippen LogP contribution in [-0.2, 0) is 20.9 Å². The van der Waals surface area contributed by atoms with Crippen LogP contribution in [-0.4, -0.2) is 31.8 Å². The molecule has 3 aromatic heterocycles. The minimum atomic E-state index is -1.38. The van der Waals surface area contributed by atoms with E-state index in [0.29, 0.717) is 29.3 Å². The summed E-state index contributed by atoms with van der Waals surface area (Å²) in [7, 11) is 0. The Labute approximate surface area is 199 Å². The number of hydrogen-bond donors (Lipinski definition) is 3. The molecule has 0 aliphatic carbocycles. The number of carboxylic acid groups (broad SMARTS) is 1. The molecule has 0 saturated heterocycles. The first-order valence-electron chi connectivity index (χ1n) is 10.7. The molecular weight excluding hydrogens is 448 g/mol. The summed E-state index contributed by atoms with van der Waals surface area (Å²) in [5.74, 6) is -1.71. The number of fused-ring (bicyclic) bond motifs is 1. The second-order valence-electron chi connectivity index (χ2n) is 7.80. The zero-order valence-electron chi connectivity index (χ0n) is 18.6. The molecule has 1 aliphatic heterocycles. The van der Waals surface area contributed by atoms with Gasteiger partial charge in [-0.1, -0.05) is 6.07 Å². The summed E-state index contributed by atoms with van der Waals surface area (Å²) in [5, 5.41) is 13.4. The van der Waals surface area contributed by atoms with Gasteiger partial charge in [0.1, 0.15) is 18.0 Å². The van der Waals surface area contributed by atoms with Gasteiger partial charge in [-0.15, -0.1) is 0 Å². The Hall–Kier alpha value is -4.92. The van der Waals surface area contributed by atoms with Gasteiger partial charge in [-0.2, -0.15) is 0 Å². The van der Waals surface area contributed by atoms with Crippen molar-refractivity contribution in [2.45, 2.75) is 13.5 Å². The Bertz CT molecular complexity index is 1500. The number of carbonyl (C=O) groups excluding carboxylic acids is 1. The van der Waals surface area contributed by atoms with E-state index in [1.807, 2.05) is 31.2 Å². The van der Waals surface area contributed by atoms with Crippen LogP contribution in [0.1, 0.15) is 16.8 Å². The number of aryl methyl sites for hydroxylation is 1. The van der Waals surface area contributed by atoms with Crippen LogP contribution < -0.4 is 10.1 Å². The molecule has 0 spiro atoms. The van der Waals surface area contributed by atoms with Crippen molar-refractivity contribution in [2.75, 3.05) is 5.32 Å². The van der Waals surface area contributed by atoms with Gasteiger partial charge in [0.2, 0.25) is 11.7 Å². The standard InChI is InChI=1S/C26H20N4O5/c1-15-11-18(34-14-17-5-2-3-9-27-17)7-8-20(15)30-25-22(26(32)33)23(31)21(35-25)12-16-13-29-24-19(16)6-4-10-28-24/h2-13,30H,14H2,1H3,(H,28,29)(H,32,33). The van der Waals surface area contributed by atoms with Gasteiger partial charge in [-0.05, 0) is 61.0 Å². The fourth-order valence-corrected chi connectivity index (χ4v) is 3.68. The fraction of sp³-hybridized carbons (Fsp3) is 0.0769. The Kier molecular flexibility index (Phi) is 5.72. The predicted molar refractivity (Wildman–Crippen MR) is 128 cm³/mol. The number of carbonyl (C=O) groups is 2. The number of Topliss-reactive ketones (excluding diaryl/α,β-unsaturated/α-hetero) is 1. The largest absolute Gasteiger partial charge is 0.487 e. The number of carboxylic acids is 1. The van der Waals surface area contributed by atoms with Crippen LogP contribution in [0.25, 0.3) is 17.1 Å². The van der Waals surface area contributed by atoms with Gasteiger partial charge in [0.25, 0.3) is 0 Å². The number of ether oxygens (including phenoxy) is 2. The van der Waals surface area contributed by atoms with E-state index < -0.39 is 17.3 Å². The number of nitrogens with zero attached hydrogens (tertiary/aromatic N) is 2. The highest BCUT2D eigenvalue weighted by Crippen LogP contribution is 2.31. The van der Waals surface area contributed by atoms with Gasteiger partial charge in [-0.3, -0.25) is 9.78 Å². The van der Waals surface area contributed by atoms with Crippen LogP contribution in [0.15, 0.2) is 84.3 Å². The molecule has 4 aromatic rings. The summed E-state index contributed by atoms with van der Waals surface area (Å²) in [6.07, 6.45) is 6.53. The number of aromatic amines is 1. The van der Waals surface area contributed by atoms with Crippen LogP contribution in [0.4, 0.5) is 5.69 Å². The molecule has 0 bridgehead atoms. The number of H-pyrrole nitrogens is 1. The fourth-order valence-electron chi connectivity index (χ4n) is 3.68. The van der Waals surface area contributed by atoms with E-state index in [4.69, 9.17) is 9.47 Å². The Balaban J connectivity index is 1.36. The number of benzene rings is 1. The van der Waals surface area contributed by atoms with Crippen molar-refractivity contribution in [1.29, 1.82) is 0 Å². The van der Waals surface area contributed by atoms with Crippen LogP contribution in [0, 0.1) is 6.92 Å². The van der Waals surface area contributed by atoms with Crippen LogP contribution >= 0.6 is 0 Å². The van der Waals surface area contributed by atoms with Gasteiger partial charge in [-0.25, -0.2) is 9.78 Å². The molecule has 0 fully saturated rings. The van der Waals surface area contributed by atoms with E-state index in [9.17, 15) is 14.7 Å². The van der Waals surface area contributed by atoms with Crippen molar-refractivity contribution < 1.29 is 24.2 Å². The molecule has 9 nitrogen and oxygen atoms in total. The highest BCUT2D eigenvalue weighted by atomic mass is 16.5. The number of nitrogens with one attached hydrogen (secondary N) is 2. The summed E-state index contributed by atoms with van der Waals surface area (Å²) >= 11 is 0. The molecule has 1 aliphatic rings. The highest BCUT2D eigenvalue weighted by Gasteiger charge is 2.36. The molecule has 0 saturated carbocycles. The lowest BCUT2D eigenvalue weighted by Gasteiger charge is -2.13. The van der Waals surface area contributed by atoms with E-state index >= 15 is 0 Å². The SMILES string of the molecule is Cc1cc(OCc2ccccn2)ccc1NC1=C(C(=O)O)C(=O)C(=Cc2c[nH]c3ncccc23)O1. The number of rotatable bonds is 7. The Morgan fingerprint density at radius 1 is 1.17 bits per heavy atom. The molecule has 174 valence electrons. The number of aromatic nitrogens is 3. The number of pyridine rings is 2. The molecule has 9 heteroatoms. The van der Waals surface area contributed by atoms with Gasteiger partial charge in [0, 0.05) is 35.2 Å². The molecule has 0 unspecified atom stereocenters. The molecule has 0 radical (unpaired) electrons. The average molecular weight is 468 g/mol. The van der Waals surface area contributed by atoms with Crippen LogP contribution in [0.5, 0.6) is 5.75 Å². The summed E-state index contributed by atoms with van der Waals surface area (Å²) in [6.45, 7) is 2.15. The third-order valence-corrected chi connectivity index (χ3v) is 5.43. The summed E-state index contributed by atoms with van der Waals surface area (Å²) < 4.78 is 11.5. The molecule has 0 amide bonds. The van der Waals surface area contributed by atoms with E-state index in [1.165, 1.54) is 6.08 Å². The van der Waals surface area contributed by atoms with Crippen molar-refractivity contribution in [1.82, 2.24) is 15.0 Å². The summed E-state index contributed by atoms with van der Waals surface area (Å²) in [6, 6.07) is 14.5. The average Bonchev–Trinajstić information content (AvgIpc) is 3.40. The van der Waals surface area contributed by atoms with Gasteiger partial charge in [0.05, 0.1) is 5.69 Å². The second kappa shape index (κ2) is 9.14. The zero-order chi connectivity index (χ0) is 24.4. The third kappa shape index (κ3) is 4.47. The molecule has 35 heavy (non-hydrogen) atoms. The van der Waals surface area contributed by atoms with Crippen molar-refractivity contribution in [2.24, 2.45) is 0 Å². The number of allylic oxidation sites excluding steroid dienone is 1. The number of aliphatic carboxylic acids is 1. The minimum absolute atomic E-state index is 0.0948. The Morgan fingerprint density at radius 2 is 2.03 bits per heavy atom. The summed E-state index contributed by atoms with van der Waals surface area (Å²) in [4.78, 5) is 36.2. The normalized spacial score (nSPS) is 14.4. The van der Waals surface area contributed by atoms with E-state index in [1.54, 1.807) is 42.9 Å². The smallest absolute Gasteiger partial charge is 0.345 e. The van der Waals surface area contributed by atoms with Gasteiger partial charge >= 0.3 is 5.97 Å². The number of hydrogen-bond acceptors (Lipinski definition) is 7. The molecule has 3 N–H and O–H groups in total. The first kappa shape index (κ1) is 21.9. The van der Waals surface area contributed by atoms with Crippen LogP contribution in [0.2, 0.25) is 0 Å². The lowest BCUT2D eigenvalue weighted by molar-refractivity contribution is -0.134. The van der Waals surface area contributed by atoms with Crippen molar-refractivity contribution >= 4 is 34.5 Å². The first-order chi connectivity index (χ1) is 17.0. The topological polar surface area (TPSA) is 126 Å². The maximum atomic E-state index is 12.8. The monoisotopic (exact) mass is 468 g/mol. The maximum Gasteiger partial charge on any atom is 0.345 e. The lowest BCUT2D eigenvalue weighted by atomic mass is 10.1. The zero-order valence-corrected chi connectivity index (χ0v) is 18.6. The molecular formula is C26H20N4O5. The number of anilines is 1. The Morgan fingerprint density at radius 3 is 2.80 bits per heavy atom. The second-order valence-corrected chi connectivity index (χ2v) is 7.80. The molecule has 1 aromatic carbocycles. The molecule has 4 heterocycles. The van der Waals surface area contributed by atoms with Crippen LogP contribution in [0.3, 0.4) is 0 Å². The van der Waals surface area contributed by atoms with Gasteiger partial charge < -0.3 is 24.9 Å². The lowest BCUT2D eigenvalue weighted by Crippen LogP contribution is -2.12. The van der Waals surface area contributed by atoms with Crippen molar-refractivity contribution in [3.63, 3.8) is 0 Å². The number of ketones is 1. The van der Waals surface area contributed by atoms with E-state index in [0.717, 1.165) is 16.6 Å². The molecule has 5 rings (SSSR count). The van der Waals surface area contributed by atoms with Crippen molar-refractivity contribution in [3.05, 3.63) is 101 Å². The minimum Gasteiger partial charge on any atom is -0.487 e. The third-order valence-electron chi connectivity index (χ3n) is 5.43. The molecule has 0 atom stereocenters. The van der Waals surface area contributed by atoms with Gasteiger partial charge in [0.15, 0.2) is 11.3 Å². The van der Waals surface area contributed by atoms with E-state index in [-0.39, 0.29) is 11.6 Å². The van der Waals surface area contributed by atoms with Crippen molar-refractivity contribution in [3.8, 4) is 5.75 Å². The maximum absolute atomic E-state index is 12.8. The quantitative estimate of drug-likeness (QED) is 0.272.